The number of hydrogen-bond acceptors (Lipinski definition) is 2. The van der Waals surface area contributed by atoms with Crippen LogP contribution in [-0.4, -0.2) is 10.9 Å². The summed E-state index contributed by atoms with van der Waals surface area (Å²) in [6, 6.07) is 6.58. The first-order valence-corrected chi connectivity index (χ1v) is 4.57. The molecule has 0 unspecified atom stereocenters. The van der Waals surface area contributed by atoms with E-state index in [9.17, 15) is 9.90 Å². The molecule has 0 fully saturated rings. The molecule has 0 heterocycles. The molecular formula is C12H20O2. The number of rotatable bonds is 2. The van der Waals surface area contributed by atoms with Crippen molar-refractivity contribution in [3.63, 3.8) is 0 Å². The standard InChI is InChI=1S/C9H10O2.C2H6.CH4/c1-2-8(10)7-5-3-4-6-9(7)11;1-2;/h3-6,11H,2H2,1H3;1-2H3;1H4. The smallest absolute Gasteiger partial charge is 0.166 e. The number of hydrogen-bond donors (Lipinski definition) is 1. The molecule has 2 heteroatoms. The van der Waals surface area contributed by atoms with Crippen LogP contribution in [-0.2, 0) is 0 Å². The van der Waals surface area contributed by atoms with E-state index >= 15 is 0 Å². The molecule has 1 aromatic rings. The first-order valence-electron chi connectivity index (χ1n) is 4.57. The van der Waals surface area contributed by atoms with Gasteiger partial charge in [-0.25, -0.2) is 0 Å². The summed E-state index contributed by atoms with van der Waals surface area (Å²) >= 11 is 0. The molecule has 80 valence electrons. The third-order valence-corrected chi connectivity index (χ3v) is 1.53. The van der Waals surface area contributed by atoms with Gasteiger partial charge in [-0.2, -0.15) is 0 Å². The van der Waals surface area contributed by atoms with Crippen LogP contribution in [0.5, 0.6) is 5.75 Å². The normalized spacial score (nSPS) is 7.93. The molecule has 0 atom stereocenters. The lowest BCUT2D eigenvalue weighted by Crippen LogP contribution is -1.95. The van der Waals surface area contributed by atoms with E-state index in [1.807, 2.05) is 13.8 Å². The number of Topliss-reactive ketones (excluding diaryl/α,β-unsaturated/α-hetero) is 1. The van der Waals surface area contributed by atoms with Gasteiger partial charge >= 0.3 is 0 Å². The van der Waals surface area contributed by atoms with Crippen molar-refractivity contribution in [1.82, 2.24) is 0 Å². The predicted molar refractivity (Wildman–Crippen MR) is 60.8 cm³/mol. The summed E-state index contributed by atoms with van der Waals surface area (Å²) in [6.07, 6.45) is 0.428. The molecule has 2 nitrogen and oxygen atoms in total. The molecule has 1 aromatic carbocycles. The molecule has 0 aliphatic heterocycles. The molecule has 14 heavy (non-hydrogen) atoms. The maximum atomic E-state index is 11.1. The fourth-order valence-electron chi connectivity index (χ4n) is 0.900. The lowest BCUT2D eigenvalue weighted by atomic mass is 10.1. The fraction of sp³-hybridized carbons (Fsp3) is 0.417. The predicted octanol–water partition coefficient (Wildman–Crippen LogP) is 3.65. The van der Waals surface area contributed by atoms with Crippen molar-refractivity contribution in [2.45, 2.75) is 34.6 Å². The monoisotopic (exact) mass is 196 g/mol. The molecule has 0 amide bonds. The molecule has 0 aliphatic rings. The van der Waals surface area contributed by atoms with Gasteiger partial charge in [-0.05, 0) is 12.1 Å². The van der Waals surface area contributed by atoms with E-state index in [0.29, 0.717) is 12.0 Å². The number of para-hydroxylation sites is 1. The van der Waals surface area contributed by atoms with Crippen LogP contribution in [0.25, 0.3) is 0 Å². The summed E-state index contributed by atoms with van der Waals surface area (Å²) in [4.78, 5) is 11.1. The van der Waals surface area contributed by atoms with Gasteiger partial charge in [-0.1, -0.05) is 40.3 Å². The molecular weight excluding hydrogens is 176 g/mol. The molecule has 0 radical (unpaired) electrons. The third-order valence-electron chi connectivity index (χ3n) is 1.53. The molecule has 0 aliphatic carbocycles. The molecule has 1 rings (SSSR count). The van der Waals surface area contributed by atoms with Crippen LogP contribution in [0.4, 0.5) is 0 Å². The Kier molecular flexibility index (Phi) is 8.99. The van der Waals surface area contributed by atoms with Crippen molar-refractivity contribution < 1.29 is 9.90 Å². The molecule has 0 spiro atoms. The minimum absolute atomic E-state index is 0. The summed E-state index contributed by atoms with van der Waals surface area (Å²) in [5, 5.41) is 9.19. The van der Waals surface area contributed by atoms with Gasteiger partial charge < -0.3 is 5.11 Å². The number of phenols is 1. The third kappa shape index (κ3) is 4.08. The molecule has 0 bridgehead atoms. The second kappa shape index (κ2) is 8.30. The second-order valence-electron chi connectivity index (χ2n) is 2.29. The average molecular weight is 196 g/mol. The quantitative estimate of drug-likeness (QED) is 0.733. The van der Waals surface area contributed by atoms with Crippen LogP contribution in [0.2, 0.25) is 0 Å². The number of carbonyl (C=O) groups is 1. The van der Waals surface area contributed by atoms with E-state index in [1.165, 1.54) is 6.07 Å². The maximum Gasteiger partial charge on any atom is 0.166 e. The van der Waals surface area contributed by atoms with E-state index in [0.717, 1.165) is 0 Å². The number of carbonyl (C=O) groups excluding carboxylic acids is 1. The highest BCUT2D eigenvalue weighted by Gasteiger charge is 2.06. The van der Waals surface area contributed by atoms with Crippen LogP contribution in [0.15, 0.2) is 24.3 Å². The van der Waals surface area contributed by atoms with Crippen molar-refractivity contribution in [1.29, 1.82) is 0 Å². The van der Waals surface area contributed by atoms with E-state index in [4.69, 9.17) is 0 Å². The first kappa shape index (κ1) is 15.2. The van der Waals surface area contributed by atoms with Crippen LogP contribution in [0, 0.1) is 0 Å². The minimum atomic E-state index is -0.0249. The Labute approximate surface area is 86.6 Å². The zero-order valence-corrected chi connectivity index (χ0v) is 8.37. The highest BCUT2D eigenvalue weighted by atomic mass is 16.3. The van der Waals surface area contributed by atoms with Gasteiger partial charge in [0.05, 0.1) is 5.56 Å². The van der Waals surface area contributed by atoms with E-state index in [-0.39, 0.29) is 19.0 Å². The van der Waals surface area contributed by atoms with Gasteiger partial charge in [0.25, 0.3) is 0 Å². The van der Waals surface area contributed by atoms with Crippen LogP contribution < -0.4 is 0 Å². The van der Waals surface area contributed by atoms with Gasteiger partial charge in [0.15, 0.2) is 5.78 Å². The molecule has 1 N–H and O–H groups in total. The topological polar surface area (TPSA) is 37.3 Å². The summed E-state index contributed by atoms with van der Waals surface area (Å²) < 4.78 is 0. The summed E-state index contributed by atoms with van der Waals surface area (Å²) in [5.41, 5.74) is 0.412. The zero-order valence-electron chi connectivity index (χ0n) is 8.37. The Morgan fingerprint density at radius 2 is 1.79 bits per heavy atom. The number of phenolic OH excluding ortho intramolecular Hbond substituents is 1. The Morgan fingerprint density at radius 3 is 2.21 bits per heavy atom. The lowest BCUT2D eigenvalue weighted by Gasteiger charge is -1.99. The maximum absolute atomic E-state index is 11.1. The van der Waals surface area contributed by atoms with Crippen molar-refractivity contribution >= 4 is 5.78 Å². The van der Waals surface area contributed by atoms with Crippen molar-refractivity contribution in [3.8, 4) is 5.75 Å². The van der Waals surface area contributed by atoms with Crippen LogP contribution >= 0.6 is 0 Å². The lowest BCUT2D eigenvalue weighted by molar-refractivity contribution is 0.0985. The molecule has 0 saturated carbocycles. The number of ketones is 1. The van der Waals surface area contributed by atoms with Crippen LogP contribution in [0.3, 0.4) is 0 Å². The van der Waals surface area contributed by atoms with Gasteiger partial charge in [0.2, 0.25) is 0 Å². The summed E-state index contributed by atoms with van der Waals surface area (Å²) in [5.74, 6) is 0.0439. The average Bonchev–Trinajstić information content (AvgIpc) is 2.20. The fourth-order valence-corrected chi connectivity index (χ4v) is 0.900. The van der Waals surface area contributed by atoms with E-state index < -0.39 is 0 Å². The Morgan fingerprint density at radius 1 is 1.29 bits per heavy atom. The van der Waals surface area contributed by atoms with Gasteiger partial charge in [0.1, 0.15) is 5.75 Å². The highest BCUT2D eigenvalue weighted by molar-refractivity contribution is 5.98. The number of aromatic hydroxyl groups is 1. The SMILES string of the molecule is C.CC.CCC(=O)c1ccccc1O. The van der Waals surface area contributed by atoms with Gasteiger partial charge in [-0.15, -0.1) is 0 Å². The zero-order chi connectivity index (χ0) is 10.3. The minimum Gasteiger partial charge on any atom is -0.507 e. The number of benzene rings is 1. The van der Waals surface area contributed by atoms with Crippen LogP contribution in [0.1, 0.15) is 45.0 Å². The first-order chi connectivity index (χ1) is 6.25. The van der Waals surface area contributed by atoms with Gasteiger partial charge in [0, 0.05) is 6.42 Å². The largest absolute Gasteiger partial charge is 0.507 e. The second-order valence-corrected chi connectivity index (χ2v) is 2.29. The Bertz CT molecular complexity index is 267. The Balaban J connectivity index is 0. The highest BCUT2D eigenvalue weighted by Crippen LogP contribution is 2.16. The van der Waals surface area contributed by atoms with E-state index in [1.54, 1.807) is 25.1 Å². The van der Waals surface area contributed by atoms with Crippen molar-refractivity contribution in [2.24, 2.45) is 0 Å². The summed E-state index contributed by atoms with van der Waals surface area (Å²) in [7, 11) is 0. The molecule has 0 aromatic heterocycles. The summed E-state index contributed by atoms with van der Waals surface area (Å²) in [6.45, 7) is 5.77. The van der Waals surface area contributed by atoms with Crippen molar-refractivity contribution in [2.75, 3.05) is 0 Å². The Hall–Kier alpha value is -1.31. The van der Waals surface area contributed by atoms with Crippen molar-refractivity contribution in [3.05, 3.63) is 29.8 Å². The molecule has 0 saturated heterocycles. The van der Waals surface area contributed by atoms with E-state index in [2.05, 4.69) is 0 Å². The van der Waals surface area contributed by atoms with Gasteiger partial charge in [-0.3, -0.25) is 4.79 Å².